The van der Waals surface area contributed by atoms with Gasteiger partial charge in [-0.2, -0.15) is 13.5 Å². The van der Waals surface area contributed by atoms with Gasteiger partial charge in [0, 0.05) is 36.7 Å². The van der Waals surface area contributed by atoms with E-state index in [4.69, 9.17) is 4.18 Å². The zero-order chi connectivity index (χ0) is 20.9. The van der Waals surface area contributed by atoms with E-state index < -0.39 is 10.1 Å². The number of rotatable bonds is 9. The quantitative estimate of drug-likeness (QED) is 0.490. The maximum atomic E-state index is 11.0. The Morgan fingerprint density at radius 2 is 1.93 bits per heavy atom. The predicted molar refractivity (Wildman–Crippen MR) is 113 cm³/mol. The van der Waals surface area contributed by atoms with Crippen molar-refractivity contribution in [3.05, 3.63) is 24.2 Å². The molecule has 1 saturated heterocycles. The van der Waals surface area contributed by atoms with Gasteiger partial charge in [-0.05, 0) is 50.0 Å². The summed E-state index contributed by atoms with van der Waals surface area (Å²) < 4.78 is 26.8. The molecule has 1 fully saturated rings. The summed E-state index contributed by atoms with van der Waals surface area (Å²) in [6.45, 7) is 6.47. The second-order valence-corrected chi connectivity index (χ2v) is 9.89. The van der Waals surface area contributed by atoms with Crippen LogP contribution in [0.4, 0.5) is 5.95 Å². The highest BCUT2D eigenvalue weighted by Crippen LogP contribution is 2.25. The third-order valence-electron chi connectivity index (χ3n) is 5.14. The summed E-state index contributed by atoms with van der Waals surface area (Å²) >= 11 is 0. The molecule has 0 atom stereocenters. The Hall–Kier alpha value is -2.00. The number of aromatic nitrogens is 4. The number of aromatic amines is 1. The summed E-state index contributed by atoms with van der Waals surface area (Å²) in [5.74, 6) is 1.93. The Morgan fingerprint density at radius 1 is 1.24 bits per heavy atom. The van der Waals surface area contributed by atoms with Gasteiger partial charge in [0.25, 0.3) is 10.1 Å². The molecule has 0 bridgehead atoms. The summed E-state index contributed by atoms with van der Waals surface area (Å²) in [7, 11) is -3.33. The maximum absolute atomic E-state index is 11.0. The molecule has 0 aliphatic carbocycles. The highest BCUT2D eigenvalue weighted by atomic mass is 32.2. The molecule has 0 aromatic carbocycles. The topological polar surface area (TPSA) is 101 Å². The number of nitrogens with one attached hydrogen (secondary N) is 1. The van der Waals surface area contributed by atoms with Gasteiger partial charge in [-0.25, -0.2) is 9.97 Å². The van der Waals surface area contributed by atoms with Crippen LogP contribution in [0.15, 0.2) is 18.5 Å². The molecule has 0 amide bonds. The molecule has 2 aromatic rings. The van der Waals surface area contributed by atoms with Gasteiger partial charge in [-0.3, -0.25) is 9.28 Å². The first-order valence-electron chi connectivity index (χ1n) is 10.3. The molecule has 29 heavy (non-hydrogen) atoms. The first-order valence-corrected chi connectivity index (χ1v) is 12.1. The Labute approximate surface area is 173 Å². The molecule has 0 spiro atoms. The maximum Gasteiger partial charge on any atom is 0.264 e. The molecule has 9 heteroatoms. The van der Waals surface area contributed by atoms with Crippen molar-refractivity contribution in [3.63, 3.8) is 0 Å². The fourth-order valence-corrected chi connectivity index (χ4v) is 4.10. The molecular formula is C20H31N5O3S. The summed E-state index contributed by atoms with van der Waals surface area (Å²) in [5.41, 5.74) is 2.92. The number of nitrogens with zero attached hydrogens (tertiary/aromatic N) is 4. The fraction of sp³-hybridized carbons (Fsp3) is 0.650. The van der Waals surface area contributed by atoms with Crippen molar-refractivity contribution in [1.82, 2.24) is 20.2 Å². The second-order valence-electron chi connectivity index (χ2n) is 8.25. The Balaban J connectivity index is 1.47. The van der Waals surface area contributed by atoms with Crippen molar-refractivity contribution in [1.29, 1.82) is 0 Å². The lowest BCUT2D eigenvalue weighted by Crippen LogP contribution is -2.34. The van der Waals surface area contributed by atoms with E-state index >= 15 is 0 Å². The number of H-pyrrole nitrogens is 1. The van der Waals surface area contributed by atoms with Crippen LogP contribution in [-0.4, -0.2) is 54.5 Å². The van der Waals surface area contributed by atoms with Crippen molar-refractivity contribution in [3.8, 4) is 11.3 Å². The minimum Gasteiger partial charge on any atom is -0.341 e. The molecule has 3 heterocycles. The zero-order valence-corrected chi connectivity index (χ0v) is 18.3. The highest BCUT2D eigenvalue weighted by Gasteiger charge is 2.21. The molecule has 0 radical (unpaired) electrons. The minimum absolute atomic E-state index is 0.274. The monoisotopic (exact) mass is 421 g/mol. The molecule has 1 N–H and O–H groups in total. The third-order valence-corrected chi connectivity index (χ3v) is 5.74. The molecule has 0 saturated carbocycles. The van der Waals surface area contributed by atoms with E-state index in [0.717, 1.165) is 74.3 Å². The van der Waals surface area contributed by atoms with Crippen LogP contribution in [0, 0.1) is 11.8 Å². The molecule has 2 aromatic heterocycles. The third kappa shape index (κ3) is 6.78. The average molecular weight is 422 g/mol. The van der Waals surface area contributed by atoms with Crippen molar-refractivity contribution in [2.24, 2.45) is 11.8 Å². The van der Waals surface area contributed by atoms with Crippen LogP contribution >= 0.6 is 0 Å². The van der Waals surface area contributed by atoms with Gasteiger partial charge in [-0.15, -0.1) is 0 Å². The molecule has 3 rings (SSSR count). The van der Waals surface area contributed by atoms with Gasteiger partial charge in [0.05, 0.1) is 18.6 Å². The van der Waals surface area contributed by atoms with Crippen LogP contribution < -0.4 is 4.90 Å². The fourth-order valence-electron chi connectivity index (χ4n) is 3.67. The molecule has 160 valence electrons. The normalized spacial score (nSPS) is 15.9. The largest absolute Gasteiger partial charge is 0.341 e. The van der Waals surface area contributed by atoms with E-state index in [0.29, 0.717) is 11.8 Å². The number of anilines is 1. The van der Waals surface area contributed by atoms with Crippen molar-refractivity contribution in [2.45, 2.75) is 46.0 Å². The van der Waals surface area contributed by atoms with Gasteiger partial charge >= 0.3 is 0 Å². The lowest BCUT2D eigenvalue weighted by molar-refractivity contribution is 0.284. The lowest BCUT2D eigenvalue weighted by Gasteiger charge is -2.32. The van der Waals surface area contributed by atoms with Gasteiger partial charge < -0.3 is 4.90 Å². The van der Waals surface area contributed by atoms with Crippen LogP contribution in [0.1, 0.15) is 45.2 Å². The van der Waals surface area contributed by atoms with E-state index in [2.05, 4.69) is 45.0 Å². The van der Waals surface area contributed by atoms with Gasteiger partial charge in [0.1, 0.15) is 0 Å². The number of hydrogen-bond donors (Lipinski definition) is 1. The summed E-state index contributed by atoms with van der Waals surface area (Å²) in [4.78, 5) is 11.3. The van der Waals surface area contributed by atoms with Gasteiger partial charge in [0.15, 0.2) is 0 Å². The SMILES string of the molecule is CC(C)Cc1cc(-c2cnc(N3CCC(CCCOS(C)(=O)=O)CC3)nc2)n[nH]1. The zero-order valence-electron chi connectivity index (χ0n) is 17.5. The van der Waals surface area contributed by atoms with E-state index in [-0.39, 0.29) is 6.61 Å². The molecule has 1 aliphatic rings. The molecule has 0 unspecified atom stereocenters. The summed E-state index contributed by atoms with van der Waals surface area (Å²) in [6, 6.07) is 2.07. The predicted octanol–water partition coefficient (Wildman–Crippen LogP) is 3.04. The average Bonchev–Trinajstić information content (AvgIpc) is 3.13. The standard InChI is InChI=1S/C20H31N5O3S/c1-15(2)11-18-12-19(24-23-18)17-13-21-20(22-14-17)25-8-6-16(7-9-25)5-4-10-28-29(3,26)27/h12-16H,4-11H2,1-3H3,(H,23,24). The van der Waals surface area contributed by atoms with E-state index in [1.807, 2.05) is 12.4 Å². The minimum atomic E-state index is -3.33. The molecule has 8 nitrogen and oxygen atoms in total. The molecule has 1 aliphatic heterocycles. The van der Waals surface area contributed by atoms with E-state index in [9.17, 15) is 8.42 Å². The van der Waals surface area contributed by atoms with Gasteiger partial charge in [-0.1, -0.05) is 13.8 Å². The van der Waals surface area contributed by atoms with Crippen LogP contribution in [0.3, 0.4) is 0 Å². The Morgan fingerprint density at radius 3 is 2.55 bits per heavy atom. The summed E-state index contributed by atoms with van der Waals surface area (Å²) in [5, 5.41) is 7.47. The van der Waals surface area contributed by atoms with Crippen molar-refractivity contribution < 1.29 is 12.6 Å². The van der Waals surface area contributed by atoms with Crippen LogP contribution in [0.2, 0.25) is 0 Å². The van der Waals surface area contributed by atoms with Crippen molar-refractivity contribution in [2.75, 3.05) is 30.9 Å². The van der Waals surface area contributed by atoms with Crippen LogP contribution in [-0.2, 0) is 20.7 Å². The van der Waals surface area contributed by atoms with E-state index in [1.165, 1.54) is 0 Å². The van der Waals surface area contributed by atoms with Crippen LogP contribution in [0.25, 0.3) is 11.3 Å². The number of piperidine rings is 1. The number of hydrogen-bond acceptors (Lipinski definition) is 7. The Bertz CT molecular complexity index is 872. The lowest BCUT2D eigenvalue weighted by atomic mass is 9.92. The molecular weight excluding hydrogens is 390 g/mol. The van der Waals surface area contributed by atoms with E-state index in [1.54, 1.807) is 0 Å². The first-order chi connectivity index (χ1) is 13.8. The Kier molecular flexibility index (Phi) is 7.23. The van der Waals surface area contributed by atoms with Crippen LogP contribution in [0.5, 0.6) is 0 Å². The first kappa shape index (κ1) is 21.7. The second kappa shape index (κ2) is 9.67. The highest BCUT2D eigenvalue weighted by molar-refractivity contribution is 7.85. The summed E-state index contributed by atoms with van der Waals surface area (Å²) in [6.07, 6.45) is 9.61. The van der Waals surface area contributed by atoms with Gasteiger partial charge in [0.2, 0.25) is 5.95 Å². The smallest absolute Gasteiger partial charge is 0.264 e. The van der Waals surface area contributed by atoms with Crippen molar-refractivity contribution >= 4 is 16.1 Å².